The Morgan fingerprint density at radius 1 is 1.30 bits per heavy atom. The minimum Gasteiger partial charge on any atom is -0.481 e. The van der Waals surface area contributed by atoms with E-state index < -0.39 is 17.2 Å². The fraction of sp³-hybridized carbons (Fsp3) is 0.944. The summed E-state index contributed by atoms with van der Waals surface area (Å²) in [5.41, 5.74) is -0.667. The molecule has 1 saturated heterocycles. The van der Waals surface area contributed by atoms with Crippen molar-refractivity contribution in [1.82, 2.24) is 4.90 Å². The van der Waals surface area contributed by atoms with E-state index in [0.29, 0.717) is 6.61 Å². The number of hydrogen-bond donors (Lipinski definition) is 1. The molecule has 0 amide bonds. The van der Waals surface area contributed by atoms with Crippen LogP contribution in [-0.2, 0) is 14.3 Å². The first-order chi connectivity index (χ1) is 10.8. The third-order valence-electron chi connectivity index (χ3n) is 5.68. The van der Waals surface area contributed by atoms with Crippen molar-refractivity contribution in [3.05, 3.63) is 0 Å². The zero-order chi connectivity index (χ0) is 17.1. The van der Waals surface area contributed by atoms with Crippen LogP contribution in [-0.4, -0.2) is 54.1 Å². The zero-order valence-electron chi connectivity index (χ0n) is 15.1. The van der Waals surface area contributed by atoms with Crippen LogP contribution in [0.15, 0.2) is 0 Å². The van der Waals surface area contributed by atoms with Gasteiger partial charge in [0.2, 0.25) is 0 Å². The molecule has 5 heteroatoms. The molecule has 1 saturated carbocycles. The van der Waals surface area contributed by atoms with Crippen molar-refractivity contribution in [2.45, 2.75) is 71.7 Å². The number of rotatable bonds is 7. The molecule has 1 heterocycles. The molecule has 1 N–H and O–H groups in total. The summed E-state index contributed by atoms with van der Waals surface area (Å²) < 4.78 is 12.3. The van der Waals surface area contributed by atoms with Crippen molar-refractivity contribution >= 4 is 5.97 Å². The summed E-state index contributed by atoms with van der Waals surface area (Å²) in [6.45, 7) is 11.8. The molecular weight excluding hydrogens is 294 g/mol. The predicted octanol–water partition coefficient (Wildman–Crippen LogP) is 3.13. The molecule has 0 aromatic heterocycles. The van der Waals surface area contributed by atoms with Crippen molar-refractivity contribution in [3.8, 4) is 0 Å². The average Bonchev–Trinajstić information content (AvgIpc) is 2.89. The topological polar surface area (TPSA) is 59.0 Å². The summed E-state index contributed by atoms with van der Waals surface area (Å²) in [6.07, 6.45) is 4.64. The van der Waals surface area contributed by atoms with Gasteiger partial charge in [-0.3, -0.25) is 4.79 Å². The first-order valence-electron chi connectivity index (χ1n) is 9.10. The average molecular weight is 327 g/mol. The van der Waals surface area contributed by atoms with Crippen molar-refractivity contribution in [2.24, 2.45) is 11.3 Å². The molecule has 1 aliphatic carbocycles. The third-order valence-corrected chi connectivity index (χ3v) is 5.68. The minimum atomic E-state index is -0.706. The molecule has 5 nitrogen and oxygen atoms in total. The lowest BCUT2D eigenvalue weighted by molar-refractivity contribution is -0.200. The van der Waals surface area contributed by atoms with E-state index in [1.807, 2.05) is 13.8 Å². The van der Waals surface area contributed by atoms with Gasteiger partial charge < -0.3 is 19.5 Å². The smallest absolute Gasteiger partial charge is 0.309 e. The molecule has 1 aliphatic heterocycles. The quantitative estimate of drug-likeness (QED) is 0.778. The molecular formula is C18H33NO4. The first kappa shape index (κ1) is 18.7. The van der Waals surface area contributed by atoms with Crippen LogP contribution in [0.5, 0.6) is 0 Å². The maximum absolute atomic E-state index is 11.4. The van der Waals surface area contributed by atoms with Crippen LogP contribution in [0, 0.1) is 11.3 Å². The number of carboxylic acids is 1. The Labute approximate surface area is 140 Å². The van der Waals surface area contributed by atoms with E-state index in [4.69, 9.17) is 9.47 Å². The fourth-order valence-corrected chi connectivity index (χ4v) is 3.91. The summed E-state index contributed by atoms with van der Waals surface area (Å²) in [5, 5.41) is 9.40. The van der Waals surface area contributed by atoms with Gasteiger partial charge in [0.25, 0.3) is 0 Å². The van der Waals surface area contributed by atoms with Crippen LogP contribution in [0.4, 0.5) is 0 Å². The van der Waals surface area contributed by atoms with Crippen molar-refractivity contribution in [1.29, 1.82) is 0 Å². The number of hydrogen-bond acceptors (Lipinski definition) is 4. The fourth-order valence-electron chi connectivity index (χ4n) is 3.91. The zero-order valence-corrected chi connectivity index (χ0v) is 15.1. The lowest BCUT2D eigenvalue weighted by Gasteiger charge is -2.40. The third kappa shape index (κ3) is 4.25. The predicted molar refractivity (Wildman–Crippen MR) is 89.3 cm³/mol. The van der Waals surface area contributed by atoms with Crippen molar-refractivity contribution in [2.75, 3.05) is 26.2 Å². The van der Waals surface area contributed by atoms with E-state index in [0.717, 1.165) is 51.7 Å². The lowest BCUT2D eigenvalue weighted by Crippen LogP contribution is -2.42. The van der Waals surface area contributed by atoms with Gasteiger partial charge in [0.05, 0.1) is 18.1 Å². The number of likely N-dealkylation sites (N-methyl/N-ethyl adjacent to an activating group) is 1. The molecule has 2 fully saturated rings. The Morgan fingerprint density at radius 2 is 1.96 bits per heavy atom. The van der Waals surface area contributed by atoms with Gasteiger partial charge in [0.15, 0.2) is 5.79 Å². The van der Waals surface area contributed by atoms with Crippen LogP contribution in [0.3, 0.4) is 0 Å². The molecule has 23 heavy (non-hydrogen) atoms. The van der Waals surface area contributed by atoms with Crippen molar-refractivity contribution in [3.63, 3.8) is 0 Å². The second-order valence-electron chi connectivity index (χ2n) is 7.66. The van der Waals surface area contributed by atoms with Gasteiger partial charge in [-0.05, 0) is 52.1 Å². The van der Waals surface area contributed by atoms with E-state index in [9.17, 15) is 9.90 Å². The van der Waals surface area contributed by atoms with Crippen LogP contribution in [0.2, 0.25) is 0 Å². The SMILES string of the molecule is CCCN(CC)CC1COC2(CCC(C(C)(C)C(=O)O)CC2)O1. The molecule has 2 rings (SSSR count). The van der Waals surface area contributed by atoms with E-state index in [2.05, 4.69) is 18.7 Å². The van der Waals surface area contributed by atoms with E-state index in [-0.39, 0.29) is 12.0 Å². The van der Waals surface area contributed by atoms with Gasteiger partial charge in [-0.15, -0.1) is 0 Å². The van der Waals surface area contributed by atoms with Crippen molar-refractivity contribution < 1.29 is 19.4 Å². The Bertz CT molecular complexity index is 402. The molecule has 0 radical (unpaired) electrons. The highest BCUT2D eigenvalue weighted by Crippen LogP contribution is 2.45. The number of nitrogens with zero attached hydrogens (tertiary/aromatic N) is 1. The van der Waals surface area contributed by atoms with Gasteiger partial charge in [0.1, 0.15) is 0 Å². The molecule has 1 spiro atoms. The Kier molecular flexibility index (Phi) is 6.09. The normalized spacial score (nSPS) is 31.9. The van der Waals surface area contributed by atoms with Crippen LogP contribution in [0.25, 0.3) is 0 Å². The van der Waals surface area contributed by atoms with E-state index >= 15 is 0 Å². The maximum atomic E-state index is 11.4. The van der Waals surface area contributed by atoms with Crippen LogP contribution >= 0.6 is 0 Å². The minimum absolute atomic E-state index is 0.144. The molecule has 134 valence electrons. The maximum Gasteiger partial charge on any atom is 0.309 e. The second-order valence-corrected chi connectivity index (χ2v) is 7.66. The highest BCUT2D eigenvalue weighted by atomic mass is 16.7. The van der Waals surface area contributed by atoms with Crippen LogP contribution < -0.4 is 0 Å². The number of ether oxygens (including phenoxy) is 2. The molecule has 1 unspecified atom stereocenters. The van der Waals surface area contributed by atoms with E-state index in [1.54, 1.807) is 0 Å². The Hall–Kier alpha value is -0.650. The molecule has 1 atom stereocenters. The molecule has 0 aromatic rings. The van der Waals surface area contributed by atoms with Gasteiger partial charge in [-0.1, -0.05) is 13.8 Å². The number of aliphatic carboxylic acids is 1. The summed E-state index contributed by atoms with van der Waals surface area (Å²) in [4.78, 5) is 13.8. The monoisotopic (exact) mass is 327 g/mol. The summed E-state index contributed by atoms with van der Waals surface area (Å²) in [5.74, 6) is -0.965. The highest BCUT2D eigenvalue weighted by Gasteiger charge is 2.48. The lowest BCUT2D eigenvalue weighted by atomic mass is 9.70. The van der Waals surface area contributed by atoms with Gasteiger partial charge >= 0.3 is 5.97 Å². The second kappa shape index (κ2) is 7.49. The van der Waals surface area contributed by atoms with Gasteiger partial charge in [-0.2, -0.15) is 0 Å². The summed E-state index contributed by atoms with van der Waals surface area (Å²) in [6, 6.07) is 0. The Balaban J connectivity index is 1.86. The van der Waals surface area contributed by atoms with E-state index in [1.165, 1.54) is 0 Å². The standard InChI is InChI=1S/C18H33NO4/c1-5-11-19(6-2)12-15-13-22-18(23-15)9-7-14(8-10-18)17(3,4)16(20)21/h14-15H,5-13H2,1-4H3,(H,20,21). The largest absolute Gasteiger partial charge is 0.481 e. The molecule has 2 aliphatic rings. The van der Waals surface area contributed by atoms with Gasteiger partial charge in [-0.25, -0.2) is 0 Å². The van der Waals surface area contributed by atoms with Crippen LogP contribution in [0.1, 0.15) is 59.8 Å². The summed E-state index contributed by atoms with van der Waals surface area (Å²) in [7, 11) is 0. The number of carboxylic acid groups (broad SMARTS) is 1. The molecule has 0 aromatic carbocycles. The Morgan fingerprint density at radius 3 is 2.48 bits per heavy atom. The van der Waals surface area contributed by atoms with Gasteiger partial charge in [0, 0.05) is 19.4 Å². The molecule has 0 bridgehead atoms. The summed E-state index contributed by atoms with van der Waals surface area (Å²) >= 11 is 0. The first-order valence-corrected chi connectivity index (χ1v) is 9.10. The number of carbonyl (C=O) groups is 1. The highest BCUT2D eigenvalue weighted by molar-refractivity contribution is 5.74.